The molecule has 140 valence electrons. The van der Waals surface area contributed by atoms with E-state index in [0.717, 1.165) is 10.9 Å². The Hall–Kier alpha value is -2.99. The number of halogens is 1. The molecule has 3 rings (SSSR count). The molecule has 3 aromatic rings. The monoisotopic (exact) mass is 387 g/mol. The minimum atomic E-state index is -0.690. The van der Waals surface area contributed by atoms with Gasteiger partial charge in [0.2, 0.25) is 5.76 Å². The Morgan fingerprint density at radius 1 is 1.15 bits per heavy atom. The van der Waals surface area contributed by atoms with Crippen LogP contribution in [0.3, 0.4) is 0 Å². The maximum atomic E-state index is 12.3. The van der Waals surface area contributed by atoms with E-state index >= 15 is 0 Å². The van der Waals surface area contributed by atoms with E-state index in [1.54, 1.807) is 56.5 Å². The van der Waals surface area contributed by atoms with Crippen LogP contribution < -0.4 is 10.1 Å². The summed E-state index contributed by atoms with van der Waals surface area (Å²) in [4.78, 5) is 24.2. The van der Waals surface area contributed by atoms with Gasteiger partial charge >= 0.3 is 5.97 Å². The smallest absolute Gasteiger partial charge is 0.375 e. The summed E-state index contributed by atoms with van der Waals surface area (Å²) in [5, 5.41) is 4.06. The van der Waals surface area contributed by atoms with E-state index in [4.69, 9.17) is 25.5 Å². The molecule has 1 aromatic heterocycles. The molecule has 0 bridgehead atoms. The van der Waals surface area contributed by atoms with E-state index in [-0.39, 0.29) is 5.76 Å². The van der Waals surface area contributed by atoms with Gasteiger partial charge in [0.1, 0.15) is 11.3 Å². The second kappa shape index (κ2) is 8.14. The van der Waals surface area contributed by atoms with Crippen molar-refractivity contribution in [1.82, 2.24) is 5.32 Å². The van der Waals surface area contributed by atoms with Crippen LogP contribution in [0.2, 0.25) is 5.02 Å². The third-order valence-electron chi connectivity index (χ3n) is 4.07. The Morgan fingerprint density at radius 2 is 1.89 bits per heavy atom. The van der Waals surface area contributed by atoms with E-state index in [1.165, 1.54) is 0 Å². The summed E-state index contributed by atoms with van der Waals surface area (Å²) in [5.41, 5.74) is 2.07. The molecule has 27 heavy (non-hydrogen) atoms. The van der Waals surface area contributed by atoms with Crippen molar-refractivity contribution in [2.75, 3.05) is 13.7 Å². The zero-order chi connectivity index (χ0) is 19.4. The van der Waals surface area contributed by atoms with Crippen molar-refractivity contribution in [3.05, 3.63) is 64.4 Å². The highest BCUT2D eigenvalue weighted by Crippen LogP contribution is 2.29. The second-order valence-corrected chi connectivity index (χ2v) is 6.33. The van der Waals surface area contributed by atoms with Gasteiger partial charge in [-0.15, -0.1) is 0 Å². The van der Waals surface area contributed by atoms with Crippen LogP contribution in [0.15, 0.2) is 46.9 Å². The first-order chi connectivity index (χ1) is 13.0. The number of aryl methyl sites for hydroxylation is 1. The number of benzene rings is 2. The number of amides is 1. The van der Waals surface area contributed by atoms with Gasteiger partial charge in [0.25, 0.3) is 5.91 Å². The maximum Gasteiger partial charge on any atom is 0.375 e. The number of nitrogens with one attached hydrogen (secondary N) is 1. The lowest BCUT2D eigenvalue weighted by atomic mass is 10.1. The normalized spacial score (nSPS) is 10.6. The van der Waals surface area contributed by atoms with Crippen molar-refractivity contribution in [3.8, 4) is 5.75 Å². The molecule has 0 spiro atoms. The van der Waals surface area contributed by atoms with E-state index in [9.17, 15) is 9.59 Å². The van der Waals surface area contributed by atoms with Crippen molar-refractivity contribution < 1.29 is 23.5 Å². The van der Waals surface area contributed by atoms with Crippen LogP contribution in [0.25, 0.3) is 11.0 Å². The molecule has 0 radical (unpaired) electrons. The lowest BCUT2D eigenvalue weighted by Crippen LogP contribution is -2.28. The van der Waals surface area contributed by atoms with E-state index in [0.29, 0.717) is 28.5 Å². The fourth-order valence-corrected chi connectivity index (χ4v) is 2.70. The Labute approximate surface area is 161 Å². The van der Waals surface area contributed by atoms with Gasteiger partial charge in [-0.25, -0.2) is 4.79 Å². The summed E-state index contributed by atoms with van der Waals surface area (Å²) >= 11 is 5.82. The zero-order valence-electron chi connectivity index (χ0n) is 14.9. The molecular formula is C20H18ClNO5. The summed E-state index contributed by atoms with van der Waals surface area (Å²) in [5.74, 6) is -0.366. The number of ether oxygens (including phenoxy) is 2. The average Bonchev–Trinajstić information content (AvgIpc) is 3.01. The largest absolute Gasteiger partial charge is 0.497 e. The molecule has 0 unspecified atom stereocenters. The van der Waals surface area contributed by atoms with E-state index in [1.807, 2.05) is 0 Å². The molecule has 0 aliphatic heterocycles. The molecule has 0 aliphatic carbocycles. The van der Waals surface area contributed by atoms with Gasteiger partial charge in [0.05, 0.1) is 7.11 Å². The number of hydrogen-bond donors (Lipinski definition) is 1. The predicted octanol–water partition coefficient (Wildman–Crippen LogP) is 3.88. The van der Waals surface area contributed by atoms with Crippen molar-refractivity contribution in [3.63, 3.8) is 0 Å². The average molecular weight is 388 g/mol. The number of carbonyl (C=O) groups is 2. The molecule has 0 saturated heterocycles. The quantitative estimate of drug-likeness (QED) is 0.649. The summed E-state index contributed by atoms with van der Waals surface area (Å²) in [6.45, 7) is 1.67. The van der Waals surface area contributed by atoms with E-state index < -0.39 is 18.5 Å². The van der Waals surface area contributed by atoms with Crippen LogP contribution in [0, 0.1) is 6.92 Å². The SMILES string of the molecule is COc1ccc2oc(C(=O)OCC(=O)NCc3ccc(Cl)cc3)c(C)c2c1. The molecular weight excluding hydrogens is 370 g/mol. The number of furan rings is 1. The molecule has 0 saturated carbocycles. The summed E-state index contributed by atoms with van der Waals surface area (Å²) in [7, 11) is 1.56. The number of carbonyl (C=O) groups excluding carboxylic acids is 2. The Balaban J connectivity index is 1.58. The Bertz CT molecular complexity index is 978. The Kier molecular flexibility index (Phi) is 5.66. The lowest BCUT2D eigenvalue weighted by molar-refractivity contribution is -0.124. The van der Waals surface area contributed by atoms with Gasteiger partial charge in [0.15, 0.2) is 6.61 Å². The fraction of sp³-hybridized carbons (Fsp3) is 0.200. The summed E-state index contributed by atoms with van der Waals surface area (Å²) in [6, 6.07) is 12.3. The first kappa shape index (κ1) is 18.8. The molecule has 7 heteroatoms. The number of rotatable bonds is 6. The predicted molar refractivity (Wildman–Crippen MR) is 101 cm³/mol. The molecule has 6 nitrogen and oxygen atoms in total. The highest BCUT2D eigenvalue weighted by Gasteiger charge is 2.20. The van der Waals surface area contributed by atoms with Crippen LogP contribution in [0.4, 0.5) is 0 Å². The first-order valence-electron chi connectivity index (χ1n) is 8.23. The fourth-order valence-electron chi connectivity index (χ4n) is 2.57. The van der Waals surface area contributed by atoms with Gasteiger partial charge in [-0.3, -0.25) is 4.79 Å². The van der Waals surface area contributed by atoms with Gasteiger partial charge in [0, 0.05) is 22.5 Å². The van der Waals surface area contributed by atoms with Gasteiger partial charge in [-0.1, -0.05) is 23.7 Å². The highest BCUT2D eigenvalue weighted by atomic mass is 35.5. The van der Waals surface area contributed by atoms with Crippen molar-refractivity contribution in [1.29, 1.82) is 0 Å². The number of esters is 1. The molecule has 0 fully saturated rings. The van der Waals surface area contributed by atoms with Gasteiger partial charge in [-0.05, 0) is 42.8 Å². The van der Waals surface area contributed by atoms with Crippen LogP contribution in [-0.4, -0.2) is 25.6 Å². The molecule has 1 N–H and O–H groups in total. The van der Waals surface area contributed by atoms with Crippen LogP contribution in [-0.2, 0) is 16.1 Å². The van der Waals surface area contributed by atoms with Crippen LogP contribution >= 0.6 is 11.6 Å². The van der Waals surface area contributed by atoms with Crippen LogP contribution in [0.1, 0.15) is 21.7 Å². The van der Waals surface area contributed by atoms with Crippen molar-refractivity contribution in [2.24, 2.45) is 0 Å². The summed E-state index contributed by atoms with van der Waals surface area (Å²) in [6.07, 6.45) is 0. The standard InChI is InChI=1S/C20H18ClNO5/c1-12-16-9-15(25-2)7-8-17(16)27-19(12)20(24)26-11-18(23)22-10-13-3-5-14(21)6-4-13/h3-9H,10-11H2,1-2H3,(H,22,23). The highest BCUT2D eigenvalue weighted by molar-refractivity contribution is 6.30. The number of hydrogen-bond acceptors (Lipinski definition) is 5. The zero-order valence-corrected chi connectivity index (χ0v) is 15.6. The third kappa shape index (κ3) is 4.41. The Morgan fingerprint density at radius 3 is 2.59 bits per heavy atom. The second-order valence-electron chi connectivity index (χ2n) is 5.90. The maximum absolute atomic E-state index is 12.3. The molecule has 0 aliphatic rings. The van der Waals surface area contributed by atoms with Crippen molar-refractivity contribution in [2.45, 2.75) is 13.5 Å². The molecule has 1 heterocycles. The summed E-state index contributed by atoms with van der Waals surface area (Å²) < 4.78 is 15.8. The van der Waals surface area contributed by atoms with E-state index in [2.05, 4.69) is 5.32 Å². The number of fused-ring (bicyclic) bond motifs is 1. The van der Waals surface area contributed by atoms with Crippen LogP contribution in [0.5, 0.6) is 5.75 Å². The molecule has 1 amide bonds. The lowest BCUT2D eigenvalue weighted by Gasteiger charge is -2.06. The minimum Gasteiger partial charge on any atom is -0.497 e. The van der Waals surface area contributed by atoms with Crippen molar-refractivity contribution >= 4 is 34.4 Å². The van der Waals surface area contributed by atoms with Gasteiger partial charge in [-0.2, -0.15) is 0 Å². The number of methoxy groups -OCH3 is 1. The molecule has 2 aromatic carbocycles. The minimum absolute atomic E-state index is 0.0729. The topological polar surface area (TPSA) is 77.8 Å². The van der Waals surface area contributed by atoms with Gasteiger partial charge < -0.3 is 19.2 Å². The first-order valence-corrected chi connectivity index (χ1v) is 8.61. The molecule has 0 atom stereocenters. The third-order valence-corrected chi connectivity index (χ3v) is 4.32.